The van der Waals surface area contributed by atoms with Crippen molar-refractivity contribution < 1.29 is 4.42 Å². The third-order valence-corrected chi connectivity index (χ3v) is 4.02. The molecule has 0 radical (unpaired) electrons. The van der Waals surface area contributed by atoms with E-state index in [0.717, 1.165) is 32.6 Å². The summed E-state index contributed by atoms with van der Waals surface area (Å²) in [6.07, 6.45) is 3.74. The largest absolute Gasteiger partial charge is 0.407 e. The lowest BCUT2D eigenvalue weighted by Crippen LogP contribution is -2.50. The fourth-order valence-electron chi connectivity index (χ4n) is 2.98. The fraction of sp³-hybridized carbons (Fsp3) is 0.846. The molecule has 0 spiro atoms. The Labute approximate surface area is 114 Å². The summed E-state index contributed by atoms with van der Waals surface area (Å²) >= 11 is 0. The molecule has 1 aromatic heterocycles. The van der Waals surface area contributed by atoms with Crippen LogP contribution in [0.4, 0.5) is 6.01 Å². The van der Waals surface area contributed by atoms with Gasteiger partial charge in [0.1, 0.15) is 0 Å². The number of hydrogen-bond acceptors (Lipinski definition) is 6. The third-order valence-electron chi connectivity index (χ3n) is 4.02. The van der Waals surface area contributed by atoms with Crippen LogP contribution in [0, 0.1) is 0 Å². The number of nitrogens with one attached hydrogen (secondary N) is 1. The second kappa shape index (κ2) is 5.88. The highest BCUT2D eigenvalue weighted by atomic mass is 16.4. The number of nitrogens with zero attached hydrogens (tertiary/aromatic N) is 4. The molecule has 1 aromatic rings. The molecular weight excluding hydrogens is 242 g/mol. The van der Waals surface area contributed by atoms with Crippen molar-refractivity contribution in [3.8, 4) is 0 Å². The fourth-order valence-corrected chi connectivity index (χ4v) is 2.98. The average molecular weight is 265 g/mol. The number of anilines is 1. The van der Waals surface area contributed by atoms with Crippen molar-refractivity contribution in [1.82, 2.24) is 20.4 Å². The second-order valence-corrected chi connectivity index (χ2v) is 5.43. The molecule has 106 valence electrons. The molecule has 0 bridgehead atoms. The molecule has 6 heteroatoms. The van der Waals surface area contributed by atoms with E-state index >= 15 is 0 Å². The first-order valence-corrected chi connectivity index (χ1v) is 7.39. The molecule has 0 saturated carbocycles. The molecule has 1 N–H and O–H groups in total. The first kappa shape index (κ1) is 12.9. The van der Waals surface area contributed by atoms with Gasteiger partial charge in [0.2, 0.25) is 5.89 Å². The second-order valence-electron chi connectivity index (χ2n) is 5.43. The van der Waals surface area contributed by atoms with Gasteiger partial charge in [0.05, 0.1) is 6.54 Å². The van der Waals surface area contributed by atoms with E-state index < -0.39 is 0 Å². The van der Waals surface area contributed by atoms with E-state index in [9.17, 15) is 0 Å². The van der Waals surface area contributed by atoms with E-state index in [1.165, 1.54) is 19.4 Å². The highest BCUT2D eigenvalue weighted by Gasteiger charge is 2.32. The maximum Gasteiger partial charge on any atom is 0.318 e. The van der Waals surface area contributed by atoms with E-state index in [2.05, 4.69) is 32.2 Å². The monoisotopic (exact) mass is 265 g/mol. The molecule has 3 heterocycles. The van der Waals surface area contributed by atoms with E-state index in [1.54, 1.807) is 0 Å². The molecule has 0 aliphatic carbocycles. The lowest BCUT2D eigenvalue weighted by atomic mass is 10.2. The van der Waals surface area contributed by atoms with Gasteiger partial charge in [-0.25, -0.2) is 0 Å². The Kier molecular flexibility index (Phi) is 3.98. The minimum atomic E-state index is 0.671. The summed E-state index contributed by atoms with van der Waals surface area (Å²) in [6.45, 7) is 8.21. The summed E-state index contributed by atoms with van der Waals surface area (Å²) in [5.41, 5.74) is 0. The molecule has 0 aromatic carbocycles. The summed E-state index contributed by atoms with van der Waals surface area (Å²) < 4.78 is 5.74. The number of hydrogen-bond donors (Lipinski definition) is 1. The Morgan fingerprint density at radius 2 is 2.26 bits per heavy atom. The van der Waals surface area contributed by atoms with Crippen molar-refractivity contribution in [2.45, 2.75) is 38.8 Å². The highest BCUT2D eigenvalue weighted by Crippen LogP contribution is 2.24. The van der Waals surface area contributed by atoms with Gasteiger partial charge >= 0.3 is 6.01 Å². The highest BCUT2D eigenvalue weighted by molar-refractivity contribution is 5.26. The molecule has 2 aliphatic heterocycles. The van der Waals surface area contributed by atoms with Crippen LogP contribution in [-0.4, -0.2) is 53.9 Å². The van der Waals surface area contributed by atoms with E-state index in [0.29, 0.717) is 24.5 Å². The van der Waals surface area contributed by atoms with Crippen LogP contribution in [0.15, 0.2) is 4.42 Å². The number of aromatic nitrogens is 2. The van der Waals surface area contributed by atoms with Gasteiger partial charge in [0.25, 0.3) is 0 Å². The van der Waals surface area contributed by atoms with E-state index in [1.807, 2.05) is 0 Å². The van der Waals surface area contributed by atoms with Crippen molar-refractivity contribution in [2.24, 2.45) is 0 Å². The maximum atomic E-state index is 5.74. The number of fused-ring (bicyclic) bond motifs is 1. The molecule has 1 atom stereocenters. The van der Waals surface area contributed by atoms with Crippen LogP contribution in [0.3, 0.4) is 0 Å². The Bertz CT molecular complexity index is 407. The smallest absolute Gasteiger partial charge is 0.318 e. The van der Waals surface area contributed by atoms with Gasteiger partial charge < -0.3 is 14.6 Å². The van der Waals surface area contributed by atoms with Gasteiger partial charge in [0.15, 0.2) is 0 Å². The van der Waals surface area contributed by atoms with Gasteiger partial charge in [-0.2, -0.15) is 0 Å². The van der Waals surface area contributed by atoms with Crippen molar-refractivity contribution in [2.75, 3.05) is 37.6 Å². The molecule has 2 aliphatic rings. The van der Waals surface area contributed by atoms with Gasteiger partial charge in [-0.1, -0.05) is 12.0 Å². The van der Waals surface area contributed by atoms with Crippen molar-refractivity contribution >= 4 is 6.01 Å². The Morgan fingerprint density at radius 1 is 1.32 bits per heavy atom. The molecular formula is C13H23N5O. The zero-order valence-corrected chi connectivity index (χ0v) is 11.6. The average Bonchev–Trinajstić information content (AvgIpc) is 3.06. The van der Waals surface area contributed by atoms with Gasteiger partial charge in [-0.05, 0) is 32.4 Å². The summed E-state index contributed by atoms with van der Waals surface area (Å²) in [5.74, 6) is 0.692. The zero-order valence-electron chi connectivity index (χ0n) is 11.6. The van der Waals surface area contributed by atoms with Gasteiger partial charge in [0, 0.05) is 25.7 Å². The molecule has 3 rings (SSSR count). The van der Waals surface area contributed by atoms with Crippen LogP contribution in [-0.2, 0) is 6.54 Å². The van der Waals surface area contributed by atoms with E-state index in [4.69, 9.17) is 4.42 Å². The quantitative estimate of drug-likeness (QED) is 0.797. The first-order chi connectivity index (χ1) is 9.36. The Balaban J connectivity index is 1.56. The third kappa shape index (κ3) is 2.90. The topological polar surface area (TPSA) is 57.4 Å². The van der Waals surface area contributed by atoms with Gasteiger partial charge in [-0.15, -0.1) is 5.10 Å². The Morgan fingerprint density at radius 3 is 3.16 bits per heavy atom. The summed E-state index contributed by atoms with van der Waals surface area (Å²) in [5, 5.41) is 11.6. The van der Waals surface area contributed by atoms with Crippen LogP contribution in [0.2, 0.25) is 0 Å². The van der Waals surface area contributed by atoms with Crippen molar-refractivity contribution in [3.63, 3.8) is 0 Å². The van der Waals surface area contributed by atoms with E-state index in [-0.39, 0.29) is 0 Å². The standard InChI is InChI=1S/C13H23N5O/c1-2-5-14-9-12-15-16-13(19-12)18-8-7-17-6-3-4-11(17)10-18/h11,14H,2-10H2,1H3. The van der Waals surface area contributed by atoms with Crippen LogP contribution in [0.1, 0.15) is 32.1 Å². The van der Waals surface area contributed by atoms with Crippen LogP contribution in [0.25, 0.3) is 0 Å². The lowest BCUT2D eigenvalue weighted by molar-refractivity contribution is 0.225. The minimum absolute atomic E-state index is 0.671. The number of piperazine rings is 1. The molecule has 19 heavy (non-hydrogen) atoms. The minimum Gasteiger partial charge on any atom is -0.407 e. The summed E-state index contributed by atoms with van der Waals surface area (Å²) in [6, 6.07) is 1.38. The lowest BCUT2D eigenvalue weighted by Gasteiger charge is -2.36. The molecule has 6 nitrogen and oxygen atoms in total. The van der Waals surface area contributed by atoms with Gasteiger partial charge in [-0.3, -0.25) is 4.90 Å². The van der Waals surface area contributed by atoms with Crippen LogP contribution in [0.5, 0.6) is 0 Å². The molecule has 1 unspecified atom stereocenters. The van der Waals surface area contributed by atoms with Crippen LogP contribution < -0.4 is 10.2 Å². The zero-order chi connectivity index (χ0) is 13.1. The predicted octanol–water partition coefficient (Wildman–Crippen LogP) is 0.854. The summed E-state index contributed by atoms with van der Waals surface area (Å²) in [7, 11) is 0. The molecule has 2 fully saturated rings. The first-order valence-electron chi connectivity index (χ1n) is 7.39. The Hall–Kier alpha value is -1.14. The molecule has 2 saturated heterocycles. The summed E-state index contributed by atoms with van der Waals surface area (Å²) in [4.78, 5) is 4.82. The maximum absolute atomic E-state index is 5.74. The predicted molar refractivity (Wildman–Crippen MR) is 73.1 cm³/mol. The SMILES string of the molecule is CCCNCc1nnc(N2CCN3CCCC3C2)o1. The number of rotatable bonds is 5. The van der Waals surface area contributed by atoms with Crippen LogP contribution >= 0.6 is 0 Å². The van der Waals surface area contributed by atoms with Crippen molar-refractivity contribution in [1.29, 1.82) is 0 Å². The van der Waals surface area contributed by atoms with Crippen molar-refractivity contribution in [3.05, 3.63) is 5.89 Å². The normalized spacial score (nSPS) is 23.8. The molecule has 0 amide bonds.